The number of hydrogen-bond acceptors (Lipinski definition) is 5. The van der Waals surface area contributed by atoms with E-state index in [1.54, 1.807) is 0 Å². The third kappa shape index (κ3) is 4.91. The van der Waals surface area contributed by atoms with Crippen molar-refractivity contribution in [2.45, 2.75) is 35.9 Å². The van der Waals surface area contributed by atoms with Crippen molar-refractivity contribution in [1.29, 1.82) is 0 Å². The third-order valence-corrected chi connectivity index (χ3v) is 7.68. The molecule has 1 saturated heterocycles. The van der Waals surface area contributed by atoms with Gasteiger partial charge in [0.05, 0.1) is 18.8 Å². The maximum Gasteiger partial charge on any atom is 0.416 e. The van der Waals surface area contributed by atoms with E-state index >= 15 is 0 Å². The summed E-state index contributed by atoms with van der Waals surface area (Å²) in [5.41, 5.74) is 0.507. The number of benzene rings is 3. The smallest absolute Gasteiger partial charge is 0.416 e. The van der Waals surface area contributed by atoms with Crippen LogP contribution in [0.25, 0.3) is 0 Å². The average molecular weight is 580 g/mol. The number of hydrogen-bond donors (Lipinski definition) is 0. The predicted octanol–water partition coefficient (Wildman–Crippen LogP) is 6.02. The van der Waals surface area contributed by atoms with Crippen LogP contribution in [0.1, 0.15) is 34.6 Å². The molecule has 0 aromatic heterocycles. The zero-order valence-electron chi connectivity index (χ0n) is 19.4. The van der Waals surface area contributed by atoms with Gasteiger partial charge in [0.1, 0.15) is 16.7 Å². The molecule has 0 radical (unpaired) electrons. The summed E-state index contributed by atoms with van der Waals surface area (Å²) in [6.45, 7) is 0.419. The van der Waals surface area contributed by atoms with Crippen molar-refractivity contribution >= 4 is 10.1 Å². The van der Waals surface area contributed by atoms with E-state index in [2.05, 4.69) is 4.18 Å². The standard InChI is InChI=1S/C25H16F8O5S/c26-19-20(27)22(29)24(23(30)21(19)28)38-39(34,35)14-3-6-15-11(7-14)1-4-16(15)17-5-2-12(25(31,32)33)8-18(17)37-13-9-36-10-13/h2-3,5-8,13,16H,1,4,9-10H2. The maximum absolute atomic E-state index is 14.0. The molecule has 1 atom stereocenters. The van der Waals surface area contributed by atoms with Gasteiger partial charge in [0.15, 0.2) is 0 Å². The lowest BCUT2D eigenvalue weighted by Crippen LogP contribution is -2.38. The highest BCUT2D eigenvalue weighted by Gasteiger charge is 2.36. The Kier molecular flexibility index (Phi) is 6.74. The lowest BCUT2D eigenvalue weighted by molar-refractivity contribution is -0.138. The minimum Gasteiger partial charge on any atom is -0.485 e. The highest BCUT2D eigenvalue weighted by molar-refractivity contribution is 7.87. The first-order chi connectivity index (χ1) is 18.3. The third-order valence-electron chi connectivity index (χ3n) is 6.46. The van der Waals surface area contributed by atoms with Crippen LogP contribution in [-0.2, 0) is 27.5 Å². The van der Waals surface area contributed by atoms with Crippen LogP contribution in [0.3, 0.4) is 0 Å². The van der Waals surface area contributed by atoms with Gasteiger partial charge in [0.2, 0.25) is 34.8 Å². The maximum atomic E-state index is 14.0. The number of rotatable bonds is 6. The molecule has 1 aliphatic heterocycles. The molecule has 1 unspecified atom stereocenters. The molecule has 1 heterocycles. The molecule has 208 valence electrons. The Morgan fingerprint density at radius 3 is 2.03 bits per heavy atom. The van der Waals surface area contributed by atoms with Crippen LogP contribution in [0.15, 0.2) is 41.3 Å². The Morgan fingerprint density at radius 1 is 0.821 bits per heavy atom. The number of halogens is 8. The SMILES string of the molecule is O=S(=O)(Oc1c(F)c(F)c(F)c(F)c1F)c1ccc2c(c1)CCC2c1ccc(C(F)(F)F)cc1OC1COC1. The van der Waals surface area contributed by atoms with E-state index in [9.17, 15) is 43.5 Å². The average Bonchev–Trinajstić information content (AvgIpc) is 3.29. The van der Waals surface area contributed by atoms with Crippen molar-refractivity contribution < 1.29 is 57.2 Å². The second kappa shape index (κ2) is 9.66. The van der Waals surface area contributed by atoms with Crippen molar-refractivity contribution in [3.63, 3.8) is 0 Å². The van der Waals surface area contributed by atoms with Crippen LogP contribution < -0.4 is 8.92 Å². The van der Waals surface area contributed by atoms with Crippen LogP contribution in [0.5, 0.6) is 11.5 Å². The molecule has 5 rings (SSSR count). The van der Waals surface area contributed by atoms with Gasteiger partial charge in [0.25, 0.3) is 0 Å². The fraction of sp³-hybridized carbons (Fsp3) is 0.280. The lowest BCUT2D eigenvalue weighted by atomic mass is 9.91. The fourth-order valence-electron chi connectivity index (χ4n) is 4.45. The molecular weight excluding hydrogens is 564 g/mol. The summed E-state index contributed by atoms with van der Waals surface area (Å²) < 4.78 is 149. The molecule has 0 spiro atoms. The molecule has 0 saturated carbocycles. The van der Waals surface area contributed by atoms with E-state index in [1.807, 2.05) is 0 Å². The van der Waals surface area contributed by atoms with E-state index in [-0.39, 0.29) is 25.4 Å². The van der Waals surface area contributed by atoms with E-state index in [4.69, 9.17) is 9.47 Å². The quantitative estimate of drug-likeness (QED) is 0.154. The number of aryl methyl sites for hydroxylation is 1. The van der Waals surface area contributed by atoms with Gasteiger partial charge in [-0.1, -0.05) is 12.1 Å². The summed E-state index contributed by atoms with van der Waals surface area (Å²) in [5, 5.41) is 0. The van der Waals surface area contributed by atoms with Crippen molar-refractivity contribution in [3.05, 3.63) is 87.7 Å². The fourth-order valence-corrected chi connectivity index (χ4v) is 5.43. The predicted molar refractivity (Wildman–Crippen MR) is 117 cm³/mol. The molecule has 5 nitrogen and oxygen atoms in total. The molecule has 39 heavy (non-hydrogen) atoms. The van der Waals surface area contributed by atoms with Crippen LogP contribution in [-0.4, -0.2) is 27.7 Å². The Hall–Kier alpha value is -3.39. The number of ether oxygens (including phenoxy) is 2. The summed E-state index contributed by atoms with van der Waals surface area (Å²) in [4.78, 5) is -0.624. The molecule has 2 aliphatic rings. The lowest BCUT2D eigenvalue weighted by Gasteiger charge is -2.29. The van der Waals surface area contributed by atoms with Crippen LogP contribution in [0, 0.1) is 29.1 Å². The van der Waals surface area contributed by atoms with Gasteiger partial charge >= 0.3 is 16.3 Å². The van der Waals surface area contributed by atoms with E-state index in [1.165, 1.54) is 12.1 Å². The Labute approximate surface area is 216 Å². The van der Waals surface area contributed by atoms with Crippen molar-refractivity contribution in [2.75, 3.05) is 13.2 Å². The highest BCUT2D eigenvalue weighted by Crippen LogP contribution is 2.45. The van der Waals surface area contributed by atoms with Crippen LogP contribution in [0.2, 0.25) is 0 Å². The second-order valence-electron chi connectivity index (χ2n) is 8.92. The monoisotopic (exact) mass is 580 g/mol. The molecule has 3 aromatic rings. The van der Waals surface area contributed by atoms with Crippen molar-refractivity contribution in [3.8, 4) is 11.5 Å². The summed E-state index contributed by atoms with van der Waals surface area (Å²) in [5.74, 6) is -14.6. The minimum absolute atomic E-state index is 0.00215. The molecule has 0 amide bonds. The Bertz CT molecular complexity index is 1540. The van der Waals surface area contributed by atoms with Gasteiger partial charge in [-0.05, 0) is 48.2 Å². The zero-order valence-corrected chi connectivity index (χ0v) is 20.2. The molecular formula is C25H16F8O5S. The van der Waals surface area contributed by atoms with E-state index in [0.29, 0.717) is 23.1 Å². The summed E-state index contributed by atoms with van der Waals surface area (Å²) in [6.07, 6.45) is -4.42. The molecule has 0 N–H and O–H groups in total. The Balaban J connectivity index is 1.47. The van der Waals surface area contributed by atoms with Crippen LogP contribution in [0.4, 0.5) is 35.1 Å². The van der Waals surface area contributed by atoms with Crippen molar-refractivity contribution in [2.24, 2.45) is 0 Å². The first-order valence-corrected chi connectivity index (χ1v) is 12.7. The normalized spacial score (nSPS) is 17.6. The van der Waals surface area contributed by atoms with Gasteiger partial charge < -0.3 is 13.7 Å². The molecule has 1 fully saturated rings. The topological polar surface area (TPSA) is 61.8 Å². The summed E-state index contributed by atoms with van der Waals surface area (Å²) in [7, 11) is -5.05. The summed E-state index contributed by atoms with van der Waals surface area (Å²) in [6, 6.07) is 6.55. The van der Waals surface area contributed by atoms with Gasteiger partial charge in [-0.25, -0.2) is 13.2 Å². The van der Waals surface area contributed by atoms with Gasteiger partial charge in [-0.3, -0.25) is 0 Å². The zero-order chi connectivity index (χ0) is 28.3. The largest absolute Gasteiger partial charge is 0.485 e. The van der Waals surface area contributed by atoms with E-state index < -0.39 is 73.6 Å². The first-order valence-electron chi connectivity index (χ1n) is 11.3. The molecule has 14 heteroatoms. The summed E-state index contributed by atoms with van der Waals surface area (Å²) >= 11 is 0. The molecule has 0 bridgehead atoms. The van der Waals surface area contributed by atoms with Gasteiger partial charge in [-0.2, -0.15) is 30.4 Å². The second-order valence-corrected chi connectivity index (χ2v) is 10.5. The minimum atomic E-state index is -5.05. The first kappa shape index (κ1) is 27.2. The number of alkyl halides is 3. The number of fused-ring (bicyclic) bond motifs is 1. The van der Waals surface area contributed by atoms with Gasteiger partial charge in [0, 0.05) is 11.5 Å². The molecule has 1 aliphatic carbocycles. The van der Waals surface area contributed by atoms with Gasteiger partial charge in [-0.15, -0.1) is 0 Å². The van der Waals surface area contributed by atoms with E-state index in [0.717, 1.165) is 24.3 Å². The van der Waals surface area contributed by atoms with Crippen LogP contribution >= 0.6 is 0 Å². The Morgan fingerprint density at radius 2 is 1.44 bits per heavy atom. The highest BCUT2D eigenvalue weighted by atomic mass is 32.2. The van der Waals surface area contributed by atoms with Crippen molar-refractivity contribution in [1.82, 2.24) is 0 Å². The molecule has 3 aromatic carbocycles.